The topological polar surface area (TPSA) is 322 Å². The standard InChI is InChI=1S/2C22H29NO5S.C21H33NO5.C20H31NO5S/c2*1-21-7-5-13(9-17(21)27-21)19(24)23-11-15-3-4-16(29-15)12-26-20(25)14-6-8-22(2)18(10-14)28-22;1-20-8-6-14(12-16(20)26-20)18(23)22-10-4-3-5-11-25-19(24)15-7-9-21(2)17(13-15)27-21;1-19-5-3-13(11-15(19)25-19)17(22)21-7-9-27-10-8-24-18(23)14-4-6-20(2)16(12-14)26-20/h2*3-4,13-14,17-18H,5-12H2,1-2H3,(H,23,24);14-17H,3-13H2,1-2H3,(H,22,23);13-16H,3-12H2,1-2H3,(H,21,22). The number of nitrogens with one attached hydrogen (secondary N) is 4. The minimum Gasteiger partial charge on any atom is -0.465 e. The summed E-state index contributed by atoms with van der Waals surface area (Å²) in [5.41, 5.74) is 0.341. The van der Waals surface area contributed by atoms with Crippen molar-refractivity contribution in [3.8, 4) is 0 Å². The first-order valence-electron chi connectivity index (χ1n) is 42.4. The van der Waals surface area contributed by atoms with Crippen LogP contribution in [0.5, 0.6) is 0 Å². The smallest absolute Gasteiger partial charge is 0.309 e. The molecule has 620 valence electrons. The molecular weight excluding hydrogens is 1490 g/mol. The molecule has 8 aliphatic carbocycles. The Hall–Kier alpha value is -4.81. The second-order valence-electron chi connectivity index (χ2n) is 37.1. The molecule has 8 saturated heterocycles. The maximum Gasteiger partial charge on any atom is 0.309 e. The van der Waals surface area contributed by atoms with Crippen LogP contribution >= 0.6 is 34.4 Å². The Kier molecular flexibility index (Phi) is 24.6. The first-order chi connectivity index (χ1) is 53.5. The van der Waals surface area contributed by atoms with Gasteiger partial charge in [-0.1, -0.05) is 0 Å². The summed E-state index contributed by atoms with van der Waals surface area (Å²) in [5.74, 6) is 2.08. The van der Waals surface area contributed by atoms with E-state index in [2.05, 4.69) is 76.7 Å². The van der Waals surface area contributed by atoms with Gasteiger partial charge in [-0.05, 0) is 253 Å². The van der Waals surface area contributed by atoms with Gasteiger partial charge < -0.3 is 78.1 Å². The molecule has 18 rings (SSSR count). The normalized spacial score (nSPS) is 40.8. The van der Waals surface area contributed by atoms with Crippen molar-refractivity contribution in [2.45, 2.75) is 349 Å². The Balaban J connectivity index is 0.000000118. The van der Waals surface area contributed by atoms with Crippen molar-refractivity contribution >= 4 is 81.9 Å². The lowest BCUT2D eigenvalue weighted by Crippen LogP contribution is -2.36. The van der Waals surface area contributed by atoms with Crippen LogP contribution in [0.4, 0.5) is 0 Å². The quantitative estimate of drug-likeness (QED) is 0.0266. The lowest BCUT2D eigenvalue weighted by molar-refractivity contribution is -0.151. The summed E-state index contributed by atoms with van der Waals surface area (Å²) in [4.78, 5) is 102. The molecule has 2 aromatic rings. The average molecular weight is 1620 g/mol. The number of thiophene rings is 2. The number of amides is 4. The average Bonchev–Trinajstić information content (AvgIpc) is 1.65. The minimum absolute atomic E-state index is 0.00246. The zero-order valence-electron chi connectivity index (χ0n) is 67.1. The molecule has 10 heterocycles. The highest BCUT2D eigenvalue weighted by molar-refractivity contribution is 7.99. The highest BCUT2D eigenvalue weighted by atomic mass is 32.2. The zero-order valence-corrected chi connectivity index (χ0v) is 69.5. The predicted molar refractivity (Wildman–Crippen MR) is 416 cm³/mol. The van der Waals surface area contributed by atoms with E-state index in [4.69, 9.17) is 56.8 Å². The third-order valence-electron chi connectivity index (χ3n) is 28.4. The Morgan fingerprint density at radius 1 is 0.330 bits per heavy atom. The van der Waals surface area contributed by atoms with E-state index in [1.807, 2.05) is 24.3 Å². The van der Waals surface area contributed by atoms with Crippen molar-refractivity contribution in [3.05, 3.63) is 43.8 Å². The molecule has 8 saturated carbocycles. The van der Waals surface area contributed by atoms with E-state index >= 15 is 0 Å². The SMILES string of the molecule is CC12CCC(C(=O)NCCCCCOC(=O)C3CCC4(C)OC4C3)CC1O2.CC12CCC(C(=O)NCCSCCOC(=O)C3CCC4(C)OC4C3)CC1O2.CC12CCC(C(=O)NCc3ccc(COC(=O)C4CCC5(C)OC5C4)s3)CC1O2.CC12CCC(C(=O)NCc3ccc(COC(=O)C4CCC5(C)OC5C4)s3)CC1O2. The van der Waals surface area contributed by atoms with Gasteiger partial charge in [0.25, 0.3) is 0 Å². The number of thioether (sulfide) groups is 1. The third kappa shape index (κ3) is 20.3. The van der Waals surface area contributed by atoms with Crippen molar-refractivity contribution in [2.24, 2.45) is 47.3 Å². The summed E-state index contributed by atoms with van der Waals surface area (Å²) < 4.78 is 67.2. The Labute approximate surface area is 672 Å². The molecule has 8 aliphatic heterocycles. The van der Waals surface area contributed by atoms with Gasteiger partial charge in [-0.15, -0.1) is 22.7 Å². The fraction of sp³-hybridized carbons (Fsp3) is 0.812. The number of hydrogen-bond acceptors (Lipinski definition) is 23. The number of carbonyl (C=O) groups is 8. The number of rotatable bonds is 28. The summed E-state index contributed by atoms with van der Waals surface area (Å²) >= 11 is 4.88. The first-order valence-corrected chi connectivity index (χ1v) is 45.2. The number of carbonyl (C=O) groups excluding carboxylic acids is 8. The Morgan fingerprint density at radius 2 is 0.598 bits per heavy atom. The van der Waals surface area contributed by atoms with E-state index in [9.17, 15) is 38.4 Å². The van der Waals surface area contributed by atoms with Gasteiger partial charge in [0.2, 0.25) is 23.6 Å². The minimum atomic E-state index is -0.114. The highest BCUT2D eigenvalue weighted by Crippen LogP contribution is 2.56. The molecule has 0 spiro atoms. The molecule has 24 atom stereocenters. The van der Waals surface area contributed by atoms with Crippen molar-refractivity contribution in [1.82, 2.24) is 21.3 Å². The maximum atomic E-state index is 12.4. The molecule has 24 unspecified atom stereocenters. The molecule has 4 amide bonds. The lowest BCUT2D eigenvalue weighted by Gasteiger charge is -2.21. The molecule has 24 nitrogen and oxygen atoms in total. The number of esters is 4. The van der Waals surface area contributed by atoms with Crippen LogP contribution in [0.25, 0.3) is 0 Å². The second-order valence-corrected chi connectivity index (χ2v) is 40.8. The van der Waals surface area contributed by atoms with Gasteiger partial charge in [0.05, 0.1) is 137 Å². The predicted octanol–water partition coefficient (Wildman–Crippen LogP) is 11.7. The van der Waals surface area contributed by atoms with Crippen molar-refractivity contribution in [1.29, 1.82) is 0 Å². The summed E-state index contributed by atoms with van der Waals surface area (Å²) in [7, 11) is 0. The molecule has 0 bridgehead atoms. The summed E-state index contributed by atoms with van der Waals surface area (Å²) in [6, 6.07) is 7.96. The van der Waals surface area contributed by atoms with Crippen LogP contribution in [-0.4, -0.2) is 179 Å². The molecular formula is C85H122N4O20S3. The number of epoxide rings is 8. The van der Waals surface area contributed by atoms with Crippen LogP contribution in [0, 0.1) is 47.3 Å². The fourth-order valence-electron chi connectivity index (χ4n) is 19.2. The first kappa shape index (κ1) is 82.3. The maximum absolute atomic E-state index is 12.4. The van der Waals surface area contributed by atoms with E-state index in [-0.39, 0.29) is 182 Å². The van der Waals surface area contributed by atoms with Gasteiger partial charge in [-0.2, -0.15) is 11.8 Å². The van der Waals surface area contributed by atoms with Crippen molar-refractivity contribution in [2.75, 3.05) is 37.8 Å². The Morgan fingerprint density at radius 3 is 0.920 bits per heavy atom. The molecule has 4 N–H and O–H groups in total. The van der Waals surface area contributed by atoms with Gasteiger partial charge >= 0.3 is 23.9 Å². The van der Waals surface area contributed by atoms with Crippen LogP contribution in [-0.2, 0) is 122 Å². The number of ether oxygens (including phenoxy) is 12. The summed E-state index contributed by atoms with van der Waals surface area (Å²) in [5, 5.41) is 12.2. The molecule has 16 aliphatic rings. The second kappa shape index (κ2) is 33.5. The van der Waals surface area contributed by atoms with E-state index < -0.39 is 0 Å². The molecule has 16 fully saturated rings. The highest BCUT2D eigenvalue weighted by Gasteiger charge is 2.62. The molecule has 0 radical (unpaired) electrons. The van der Waals surface area contributed by atoms with E-state index in [1.54, 1.807) is 34.4 Å². The molecule has 112 heavy (non-hydrogen) atoms. The summed E-state index contributed by atoms with van der Waals surface area (Å²) in [6.45, 7) is 21.0. The lowest BCUT2D eigenvalue weighted by atomic mass is 9.82. The van der Waals surface area contributed by atoms with Gasteiger partial charge in [0, 0.05) is 67.8 Å². The Bertz CT molecular complexity index is 3320. The number of fused-ring (bicyclic) bond motifs is 8. The monoisotopic (exact) mass is 1610 g/mol. The van der Waals surface area contributed by atoms with Crippen LogP contribution in [0.2, 0.25) is 0 Å². The number of hydrogen-bond donors (Lipinski definition) is 4. The van der Waals surface area contributed by atoms with Crippen molar-refractivity contribution < 1.29 is 95.2 Å². The summed E-state index contributed by atoms with van der Waals surface area (Å²) in [6.07, 6.45) is 26.2. The van der Waals surface area contributed by atoms with Crippen LogP contribution < -0.4 is 21.3 Å². The largest absolute Gasteiger partial charge is 0.465 e. The fourth-order valence-corrected chi connectivity index (χ4v) is 21.6. The van der Waals surface area contributed by atoms with Gasteiger partial charge in [0.1, 0.15) is 19.8 Å². The van der Waals surface area contributed by atoms with Gasteiger partial charge in [0.15, 0.2) is 0 Å². The van der Waals surface area contributed by atoms with Crippen LogP contribution in [0.1, 0.15) is 248 Å². The molecule has 27 heteroatoms. The van der Waals surface area contributed by atoms with Crippen LogP contribution in [0.15, 0.2) is 24.3 Å². The van der Waals surface area contributed by atoms with E-state index in [0.717, 1.165) is 204 Å². The molecule has 2 aromatic heterocycles. The van der Waals surface area contributed by atoms with Crippen molar-refractivity contribution in [3.63, 3.8) is 0 Å². The van der Waals surface area contributed by atoms with E-state index in [0.29, 0.717) is 58.7 Å². The third-order valence-corrected chi connectivity index (χ3v) is 31.5. The van der Waals surface area contributed by atoms with Gasteiger partial charge in [-0.25, -0.2) is 0 Å². The van der Waals surface area contributed by atoms with Gasteiger partial charge in [-0.3, -0.25) is 38.4 Å². The zero-order chi connectivity index (χ0) is 78.6. The van der Waals surface area contributed by atoms with Crippen LogP contribution in [0.3, 0.4) is 0 Å². The number of unbranched alkanes of at least 4 members (excludes halogenated alkanes) is 2. The molecule has 0 aromatic carbocycles. The van der Waals surface area contributed by atoms with E-state index in [1.165, 1.54) is 0 Å².